The normalized spacial score (nSPS) is 11.4. The Morgan fingerprint density at radius 1 is 1.06 bits per heavy atom. The van der Waals surface area contributed by atoms with Gasteiger partial charge >= 0.3 is 0 Å². The first-order valence-electron chi connectivity index (χ1n) is 4.97. The lowest BCUT2D eigenvalue weighted by atomic mass is 10.4. The highest BCUT2D eigenvalue weighted by molar-refractivity contribution is 8.72. The van der Waals surface area contributed by atoms with Crippen LogP contribution in [0, 0.1) is 0 Å². The summed E-state index contributed by atoms with van der Waals surface area (Å²) in [6.07, 6.45) is 5.13. The number of thioether (sulfide) groups is 1. The lowest BCUT2D eigenvalue weighted by molar-refractivity contribution is 0.610. The molecular formula is C11H10N2O2S3. The van der Waals surface area contributed by atoms with Gasteiger partial charge in [0.1, 0.15) is 0 Å². The third-order valence-corrected chi connectivity index (χ3v) is 5.85. The molecule has 1 aromatic heterocycles. The molecule has 94 valence electrons. The van der Waals surface area contributed by atoms with Crippen LogP contribution in [0.3, 0.4) is 0 Å². The second kappa shape index (κ2) is 5.73. The highest BCUT2D eigenvalue weighted by Crippen LogP contribution is 2.28. The summed E-state index contributed by atoms with van der Waals surface area (Å²) in [6, 6.07) is 8.25. The molecule has 0 spiro atoms. The second-order valence-electron chi connectivity index (χ2n) is 3.26. The number of hydrogen-bond donors (Lipinski definition) is 0. The molecule has 0 aliphatic heterocycles. The van der Waals surface area contributed by atoms with Gasteiger partial charge in [-0.25, -0.2) is 18.4 Å². The van der Waals surface area contributed by atoms with Gasteiger partial charge in [0.05, 0.1) is 4.90 Å². The maximum absolute atomic E-state index is 12.0. The van der Waals surface area contributed by atoms with E-state index in [1.54, 1.807) is 42.7 Å². The van der Waals surface area contributed by atoms with Crippen LogP contribution in [0.25, 0.3) is 0 Å². The zero-order chi connectivity index (χ0) is 13.0. The summed E-state index contributed by atoms with van der Waals surface area (Å²) >= 11 is 1.51. The molecule has 0 fully saturated rings. The van der Waals surface area contributed by atoms with Crippen LogP contribution in [-0.4, -0.2) is 24.6 Å². The average Bonchev–Trinajstić information content (AvgIpc) is 2.40. The lowest BCUT2D eigenvalue weighted by Gasteiger charge is -2.02. The van der Waals surface area contributed by atoms with E-state index in [0.29, 0.717) is 10.8 Å². The molecule has 0 N–H and O–H groups in total. The van der Waals surface area contributed by atoms with Crippen LogP contribution in [-0.2, 0) is 8.87 Å². The topological polar surface area (TPSA) is 59.9 Å². The Hall–Kier alpha value is -1.05. The van der Waals surface area contributed by atoms with E-state index in [2.05, 4.69) is 9.97 Å². The fraction of sp³-hybridized carbons (Fsp3) is 0.0909. The van der Waals surface area contributed by atoms with Gasteiger partial charge in [0.2, 0.25) is 14.0 Å². The van der Waals surface area contributed by atoms with Crippen molar-refractivity contribution in [3.63, 3.8) is 0 Å². The molecule has 0 aliphatic rings. The Kier molecular flexibility index (Phi) is 4.26. The molecule has 1 aromatic carbocycles. The number of hydrogen-bond acceptors (Lipinski definition) is 6. The van der Waals surface area contributed by atoms with Crippen LogP contribution in [0.2, 0.25) is 0 Å². The first kappa shape index (κ1) is 13.4. The fourth-order valence-corrected chi connectivity index (χ4v) is 3.95. The van der Waals surface area contributed by atoms with E-state index >= 15 is 0 Å². The summed E-state index contributed by atoms with van der Waals surface area (Å²) in [5, 5.41) is 0.233. The van der Waals surface area contributed by atoms with Crippen molar-refractivity contribution < 1.29 is 8.42 Å². The van der Waals surface area contributed by atoms with Crippen molar-refractivity contribution in [1.82, 2.24) is 9.97 Å². The minimum absolute atomic E-state index is 0.233. The number of aromatic nitrogens is 2. The van der Waals surface area contributed by atoms with E-state index in [0.717, 1.165) is 4.90 Å². The van der Waals surface area contributed by atoms with Crippen molar-refractivity contribution in [3.8, 4) is 0 Å². The van der Waals surface area contributed by atoms with Gasteiger partial charge in [0.25, 0.3) is 0 Å². The number of rotatable bonds is 4. The highest BCUT2D eigenvalue weighted by Gasteiger charge is 2.17. The first-order chi connectivity index (χ1) is 8.62. The van der Waals surface area contributed by atoms with Crippen LogP contribution in [0.1, 0.15) is 0 Å². The molecule has 2 aromatic rings. The Morgan fingerprint density at radius 3 is 2.22 bits per heavy atom. The smallest absolute Gasteiger partial charge is 0.229 e. The van der Waals surface area contributed by atoms with E-state index in [1.807, 2.05) is 6.26 Å². The molecule has 0 saturated heterocycles. The van der Waals surface area contributed by atoms with Gasteiger partial charge in [-0.1, -0.05) is 18.2 Å². The van der Waals surface area contributed by atoms with Gasteiger partial charge in [-0.2, -0.15) is 0 Å². The summed E-state index contributed by atoms with van der Waals surface area (Å²) in [7, 11) is -2.79. The van der Waals surface area contributed by atoms with Gasteiger partial charge in [0.15, 0.2) is 0 Å². The largest absolute Gasteiger partial charge is 0.237 e. The Morgan fingerprint density at radius 2 is 1.67 bits per heavy atom. The van der Waals surface area contributed by atoms with Gasteiger partial charge in [0, 0.05) is 28.1 Å². The molecule has 0 aliphatic carbocycles. The summed E-state index contributed by atoms with van der Waals surface area (Å²) < 4.78 is 24.1. The highest BCUT2D eigenvalue weighted by atomic mass is 33.1. The first-order valence-corrected chi connectivity index (χ1v) is 9.01. The van der Waals surface area contributed by atoms with Crippen LogP contribution in [0.15, 0.2) is 57.7 Å². The van der Waals surface area contributed by atoms with Crippen LogP contribution >= 0.6 is 22.6 Å². The van der Waals surface area contributed by atoms with E-state index in [1.165, 1.54) is 11.8 Å². The van der Waals surface area contributed by atoms with Crippen LogP contribution in [0.4, 0.5) is 0 Å². The number of nitrogens with zero attached hydrogens (tertiary/aromatic N) is 2. The monoisotopic (exact) mass is 298 g/mol. The molecule has 0 bridgehead atoms. The molecule has 0 saturated carbocycles. The predicted molar refractivity (Wildman–Crippen MR) is 73.3 cm³/mol. The molecule has 1 heterocycles. The van der Waals surface area contributed by atoms with Gasteiger partial charge in [-0.3, -0.25) is 0 Å². The number of benzene rings is 1. The summed E-state index contributed by atoms with van der Waals surface area (Å²) in [5.74, 6) is 0. The van der Waals surface area contributed by atoms with Crippen molar-refractivity contribution in [1.29, 1.82) is 0 Å². The quantitative estimate of drug-likeness (QED) is 0.491. The third kappa shape index (κ3) is 3.24. The minimum atomic E-state index is -3.45. The van der Waals surface area contributed by atoms with E-state index in [-0.39, 0.29) is 10.1 Å². The van der Waals surface area contributed by atoms with E-state index in [9.17, 15) is 8.42 Å². The lowest BCUT2D eigenvalue weighted by Crippen LogP contribution is -1.97. The molecule has 18 heavy (non-hydrogen) atoms. The molecule has 2 rings (SSSR count). The zero-order valence-electron chi connectivity index (χ0n) is 9.48. The van der Waals surface area contributed by atoms with Crippen molar-refractivity contribution in [2.24, 2.45) is 0 Å². The molecule has 0 amide bonds. The fourth-order valence-electron chi connectivity index (χ4n) is 1.19. The standard InChI is InChI=1S/C11H10N2O2S3/c1-16-9-7-12-11(13-8-9)17-18(14,15)10-5-3-2-4-6-10/h2-8H,1H3. The zero-order valence-corrected chi connectivity index (χ0v) is 11.9. The van der Waals surface area contributed by atoms with Gasteiger partial charge in [-0.15, -0.1) is 11.8 Å². The molecule has 0 radical (unpaired) electrons. The van der Waals surface area contributed by atoms with E-state index < -0.39 is 8.87 Å². The summed E-state index contributed by atoms with van der Waals surface area (Å²) in [4.78, 5) is 9.18. The van der Waals surface area contributed by atoms with Gasteiger partial charge in [-0.05, 0) is 18.4 Å². The third-order valence-electron chi connectivity index (χ3n) is 2.06. The second-order valence-corrected chi connectivity index (χ2v) is 7.86. The summed E-state index contributed by atoms with van der Waals surface area (Å²) in [5.41, 5.74) is 0. The Bertz CT molecular complexity index is 612. The molecule has 0 unspecified atom stereocenters. The van der Waals surface area contributed by atoms with Crippen LogP contribution in [0.5, 0.6) is 0 Å². The average molecular weight is 298 g/mol. The predicted octanol–water partition coefficient (Wildman–Crippen LogP) is 2.68. The Balaban J connectivity index is 2.22. The van der Waals surface area contributed by atoms with Crippen molar-refractivity contribution in [3.05, 3.63) is 42.7 Å². The molecular weight excluding hydrogens is 288 g/mol. The maximum Gasteiger partial charge on any atom is 0.237 e. The van der Waals surface area contributed by atoms with Crippen LogP contribution < -0.4 is 0 Å². The van der Waals surface area contributed by atoms with Crippen molar-refractivity contribution in [2.75, 3.05) is 6.26 Å². The molecule has 4 nitrogen and oxygen atoms in total. The van der Waals surface area contributed by atoms with Gasteiger partial charge < -0.3 is 0 Å². The maximum atomic E-state index is 12.0. The van der Waals surface area contributed by atoms with E-state index in [4.69, 9.17) is 0 Å². The summed E-state index contributed by atoms with van der Waals surface area (Å²) in [6.45, 7) is 0. The minimum Gasteiger partial charge on any atom is -0.229 e. The molecule has 0 atom stereocenters. The SMILES string of the molecule is CSc1cnc(SS(=O)(=O)c2ccccc2)nc1. The molecule has 7 heteroatoms. The van der Waals surface area contributed by atoms with Crippen molar-refractivity contribution in [2.45, 2.75) is 14.9 Å². The van der Waals surface area contributed by atoms with Crippen molar-refractivity contribution >= 4 is 31.4 Å². The Labute approximate surface area is 114 Å².